The van der Waals surface area contributed by atoms with Crippen LogP contribution in [0.3, 0.4) is 0 Å². The lowest BCUT2D eigenvalue weighted by Crippen LogP contribution is -2.57. The highest BCUT2D eigenvalue weighted by molar-refractivity contribution is 5.92. The standard InChI is InChI=1S/C17H15F5N4O2/c1-9(10-2-4-11(5-3-10)17(20,21)22)23-14(28)12-6-13(27)25-15(24-12)26-7-16(18,19)8-26/h2-6,9H,7-8H2,1H3,(H,23,28)(H,24,25,27)/t9-/m1/s1. The molecule has 11 heteroatoms. The lowest BCUT2D eigenvalue weighted by Gasteiger charge is -2.38. The van der Waals surface area contributed by atoms with Crippen LogP contribution in [0.1, 0.15) is 34.6 Å². The van der Waals surface area contributed by atoms with Gasteiger partial charge in [0.1, 0.15) is 5.69 Å². The summed E-state index contributed by atoms with van der Waals surface area (Å²) in [6, 6.07) is 4.49. The second-order valence-electron chi connectivity index (χ2n) is 6.48. The van der Waals surface area contributed by atoms with E-state index >= 15 is 0 Å². The van der Waals surface area contributed by atoms with Gasteiger partial charge < -0.3 is 10.2 Å². The number of halogens is 5. The molecule has 0 bridgehead atoms. The molecule has 0 aliphatic carbocycles. The monoisotopic (exact) mass is 402 g/mol. The Balaban J connectivity index is 1.72. The van der Waals surface area contributed by atoms with Crippen molar-refractivity contribution in [2.45, 2.75) is 25.1 Å². The maximum atomic E-state index is 13.0. The lowest BCUT2D eigenvalue weighted by molar-refractivity contribution is -0.137. The number of alkyl halides is 5. The third-order valence-electron chi connectivity index (χ3n) is 4.19. The van der Waals surface area contributed by atoms with Gasteiger partial charge in [-0.3, -0.25) is 14.6 Å². The minimum absolute atomic E-state index is 0.147. The van der Waals surface area contributed by atoms with Crippen molar-refractivity contribution in [3.05, 3.63) is 57.5 Å². The van der Waals surface area contributed by atoms with Crippen molar-refractivity contribution < 1.29 is 26.7 Å². The molecule has 150 valence electrons. The molecule has 1 aromatic heterocycles. The van der Waals surface area contributed by atoms with Gasteiger partial charge in [0.15, 0.2) is 0 Å². The molecular formula is C17H15F5N4O2. The third kappa shape index (κ3) is 4.29. The number of amides is 1. The molecule has 0 radical (unpaired) electrons. The molecule has 1 saturated heterocycles. The summed E-state index contributed by atoms with van der Waals surface area (Å²) in [5, 5.41) is 2.51. The van der Waals surface area contributed by atoms with Gasteiger partial charge in [-0.05, 0) is 24.6 Å². The first-order chi connectivity index (χ1) is 12.9. The van der Waals surface area contributed by atoms with Gasteiger partial charge >= 0.3 is 6.18 Å². The zero-order chi connectivity index (χ0) is 20.7. The van der Waals surface area contributed by atoms with Crippen LogP contribution in [0.5, 0.6) is 0 Å². The van der Waals surface area contributed by atoms with Gasteiger partial charge in [0.05, 0.1) is 24.7 Å². The van der Waals surface area contributed by atoms with Crippen LogP contribution in [-0.2, 0) is 6.18 Å². The number of carbonyl (C=O) groups excluding carboxylic acids is 1. The second-order valence-corrected chi connectivity index (χ2v) is 6.48. The van der Waals surface area contributed by atoms with E-state index in [1.54, 1.807) is 6.92 Å². The predicted molar refractivity (Wildman–Crippen MR) is 89.3 cm³/mol. The van der Waals surface area contributed by atoms with Crippen LogP contribution >= 0.6 is 0 Å². The minimum atomic E-state index is -4.47. The van der Waals surface area contributed by atoms with E-state index in [0.29, 0.717) is 5.56 Å². The van der Waals surface area contributed by atoms with E-state index in [1.807, 2.05) is 0 Å². The van der Waals surface area contributed by atoms with Gasteiger partial charge in [-0.2, -0.15) is 13.2 Å². The van der Waals surface area contributed by atoms with Crippen molar-refractivity contribution in [3.63, 3.8) is 0 Å². The fourth-order valence-electron chi connectivity index (χ4n) is 2.69. The third-order valence-corrected chi connectivity index (χ3v) is 4.19. The summed E-state index contributed by atoms with van der Waals surface area (Å²) in [5.74, 6) is -3.79. The highest BCUT2D eigenvalue weighted by Gasteiger charge is 2.45. The summed E-state index contributed by atoms with van der Waals surface area (Å²) in [6.45, 7) is 0.302. The molecule has 1 amide bonds. The van der Waals surface area contributed by atoms with Crippen LogP contribution in [0.2, 0.25) is 0 Å². The highest BCUT2D eigenvalue weighted by Crippen LogP contribution is 2.30. The average Bonchev–Trinajstić information content (AvgIpc) is 2.58. The summed E-state index contributed by atoms with van der Waals surface area (Å²) in [7, 11) is 0. The Morgan fingerprint density at radius 3 is 2.39 bits per heavy atom. The molecule has 6 nitrogen and oxygen atoms in total. The van der Waals surface area contributed by atoms with E-state index in [-0.39, 0.29) is 11.6 Å². The number of benzene rings is 1. The van der Waals surface area contributed by atoms with Gasteiger partial charge in [0, 0.05) is 6.07 Å². The van der Waals surface area contributed by atoms with Crippen molar-refractivity contribution in [3.8, 4) is 0 Å². The average molecular weight is 402 g/mol. The Morgan fingerprint density at radius 2 is 1.86 bits per heavy atom. The molecule has 0 saturated carbocycles. The van der Waals surface area contributed by atoms with Gasteiger partial charge in [0.2, 0.25) is 5.95 Å². The fraction of sp³-hybridized carbons (Fsp3) is 0.353. The summed E-state index contributed by atoms with van der Waals surface area (Å²) in [6.07, 6.45) is -4.47. The summed E-state index contributed by atoms with van der Waals surface area (Å²) < 4.78 is 63.8. The number of nitrogens with one attached hydrogen (secondary N) is 2. The van der Waals surface area contributed by atoms with Crippen molar-refractivity contribution in [1.82, 2.24) is 15.3 Å². The van der Waals surface area contributed by atoms with Gasteiger partial charge in [-0.15, -0.1) is 0 Å². The van der Waals surface area contributed by atoms with Crippen LogP contribution in [0.4, 0.5) is 27.9 Å². The number of nitrogens with zero attached hydrogens (tertiary/aromatic N) is 2. The molecule has 1 aliphatic heterocycles. The number of aromatic nitrogens is 2. The van der Waals surface area contributed by atoms with Crippen LogP contribution in [0.15, 0.2) is 35.1 Å². The molecule has 0 spiro atoms. The molecule has 2 aromatic rings. The van der Waals surface area contributed by atoms with Crippen LogP contribution in [0, 0.1) is 0 Å². The molecule has 1 fully saturated rings. The minimum Gasteiger partial charge on any atom is -0.344 e. The van der Waals surface area contributed by atoms with Crippen molar-refractivity contribution in [1.29, 1.82) is 0 Å². The van der Waals surface area contributed by atoms with E-state index in [0.717, 1.165) is 23.1 Å². The molecule has 28 heavy (non-hydrogen) atoms. The predicted octanol–water partition coefficient (Wildman–Crippen LogP) is 2.74. The Morgan fingerprint density at radius 1 is 1.25 bits per heavy atom. The van der Waals surface area contributed by atoms with Gasteiger partial charge in [-0.1, -0.05) is 12.1 Å². The quantitative estimate of drug-likeness (QED) is 0.771. The number of H-pyrrole nitrogens is 1. The molecule has 1 aromatic carbocycles. The van der Waals surface area contributed by atoms with E-state index in [9.17, 15) is 31.5 Å². The summed E-state index contributed by atoms with van der Waals surface area (Å²) in [5.41, 5.74) is -1.38. The van der Waals surface area contributed by atoms with Crippen LogP contribution in [-0.4, -0.2) is 34.9 Å². The Labute approximate surface area is 155 Å². The molecular weight excluding hydrogens is 387 g/mol. The molecule has 1 aliphatic rings. The Hall–Kier alpha value is -2.98. The van der Waals surface area contributed by atoms with E-state index in [4.69, 9.17) is 0 Å². The van der Waals surface area contributed by atoms with Crippen molar-refractivity contribution in [2.75, 3.05) is 18.0 Å². The molecule has 2 N–H and O–H groups in total. The molecule has 1 atom stereocenters. The highest BCUT2D eigenvalue weighted by atomic mass is 19.4. The SMILES string of the molecule is C[C@@H](NC(=O)c1cc(=O)[nH]c(N2CC(F)(F)C2)n1)c1ccc(C(F)(F)F)cc1. The fourth-order valence-corrected chi connectivity index (χ4v) is 2.69. The van der Waals surface area contributed by atoms with Gasteiger partial charge in [-0.25, -0.2) is 13.8 Å². The first kappa shape index (κ1) is 19.8. The van der Waals surface area contributed by atoms with Crippen LogP contribution < -0.4 is 15.8 Å². The summed E-state index contributed by atoms with van der Waals surface area (Å²) >= 11 is 0. The number of carbonyl (C=O) groups is 1. The molecule has 3 rings (SSSR count). The Kier molecular flexibility index (Phi) is 4.86. The maximum Gasteiger partial charge on any atom is 0.416 e. The van der Waals surface area contributed by atoms with E-state index in [1.165, 1.54) is 12.1 Å². The second kappa shape index (κ2) is 6.88. The first-order valence-corrected chi connectivity index (χ1v) is 8.17. The normalized spacial score (nSPS) is 17.0. The van der Waals surface area contributed by atoms with E-state index in [2.05, 4.69) is 15.3 Å². The maximum absolute atomic E-state index is 13.0. The number of anilines is 1. The zero-order valence-corrected chi connectivity index (χ0v) is 14.5. The summed E-state index contributed by atoms with van der Waals surface area (Å²) in [4.78, 5) is 31.4. The number of aromatic amines is 1. The number of hydrogen-bond acceptors (Lipinski definition) is 4. The molecule has 2 heterocycles. The largest absolute Gasteiger partial charge is 0.416 e. The van der Waals surface area contributed by atoms with Crippen molar-refractivity contribution >= 4 is 11.9 Å². The Bertz CT molecular complexity index is 932. The topological polar surface area (TPSA) is 78.1 Å². The lowest BCUT2D eigenvalue weighted by atomic mass is 10.1. The first-order valence-electron chi connectivity index (χ1n) is 8.17. The van der Waals surface area contributed by atoms with Crippen molar-refractivity contribution in [2.24, 2.45) is 0 Å². The van der Waals surface area contributed by atoms with Crippen LogP contribution in [0.25, 0.3) is 0 Å². The zero-order valence-electron chi connectivity index (χ0n) is 14.5. The molecule has 0 unspecified atom stereocenters. The number of rotatable bonds is 4. The van der Waals surface area contributed by atoms with Gasteiger partial charge in [0.25, 0.3) is 17.4 Å². The number of hydrogen-bond donors (Lipinski definition) is 2. The smallest absolute Gasteiger partial charge is 0.344 e. The van der Waals surface area contributed by atoms with E-state index < -0.39 is 48.3 Å².